The van der Waals surface area contributed by atoms with Crippen LogP contribution in [0, 0.1) is 13.8 Å². The number of aryl methyl sites for hydroxylation is 3. The van der Waals surface area contributed by atoms with E-state index in [1.165, 1.54) is 17.7 Å². The maximum absolute atomic E-state index is 12.7. The Morgan fingerprint density at radius 1 is 1.40 bits per heavy atom. The molecule has 0 aliphatic rings. The highest BCUT2D eigenvalue weighted by Gasteiger charge is 2.38. The molecule has 2 aromatic heterocycles. The minimum Gasteiger partial charge on any atom is -0.317 e. The topological polar surface area (TPSA) is 75.6 Å². The molecule has 0 aliphatic carbocycles. The smallest absolute Gasteiger partial charge is 0.317 e. The molecule has 0 unspecified atom stereocenters. The molecule has 2 N–H and O–H groups in total. The highest BCUT2D eigenvalue weighted by molar-refractivity contribution is 6.03. The molecule has 0 saturated carbocycles. The van der Waals surface area contributed by atoms with E-state index in [9.17, 15) is 18.0 Å². The lowest BCUT2D eigenvalue weighted by Gasteiger charge is -2.07. The number of amides is 1. The highest BCUT2D eigenvalue weighted by atomic mass is 19.4. The van der Waals surface area contributed by atoms with E-state index in [1.54, 1.807) is 14.0 Å². The Labute approximate surface area is 112 Å². The first-order valence-electron chi connectivity index (χ1n) is 5.64. The third kappa shape index (κ3) is 2.51. The fourth-order valence-electron chi connectivity index (χ4n) is 1.64. The maximum Gasteiger partial charge on any atom is 0.437 e. The van der Waals surface area contributed by atoms with Gasteiger partial charge in [-0.25, -0.2) is 0 Å². The molecule has 1 amide bonds. The molecular weight excluding hydrogens is 275 g/mol. The van der Waals surface area contributed by atoms with Gasteiger partial charge >= 0.3 is 6.18 Å². The summed E-state index contributed by atoms with van der Waals surface area (Å²) in [5.74, 6) is -0.719. The van der Waals surface area contributed by atoms with Crippen molar-refractivity contribution in [1.29, 1.82) is 0 Å². The Balaban J connectivity index is 2.31. The fourth-order valence-corrected chi connectivity index (χ4v) is 1.64. The Kier molecular flexibility index (Phi) is 3.28. The molecule has 0 saturated heterocycles. The van der Waals surface area contributed by atoms with Crippen molar-refractivity contribution >= 4 is 11.6 Å². The lowest BCUT2D eigenvalue weighted by molar-refractivity contribution is -0.140. The van der Waals surface area contributed by atoms with Crippen molar-refractivity contribution in [3.8, 4) is 0 Å². The third-order valence-corrected chi connectivity index (χ3v) is 2.80. The number of anilines is 1. The van der Waals surface area contributed by atoms with Crippen molar-refractivity contribution in [3.05, 3.63) is 28.8 Å². The molecule has 2 aromatic rings. The largest absolute Gasteiger partial charge is 0.437 e. The molecule has 0 aromatic carbocycles. The van der Waals surface area contributed by atoms with E-state index in [-0.39, 0.29) is 17.1 Å². The Bertz CT molecular complexity index is 636. The fraction of sp³-hybridized carbons (Fsp3) is 0.364. The monoisotopic (exact) mass is 287 g/mol. The van der Waals surface area contributed by atoms with Crippen LogP contribution in [-0.4, -0.2) is 25.9 Å². The van der Waals surface area contributed by atoms with Gasteiger partial charge in [0.1, 0.15) is 0 Å². The van der Waals surface area contributed by atoms with Crippen molar-refractivity contribution in [2.75, 3.05) is 5.32 Å². The van der Waals surface area contributed by atoms with E-state index < -0.39 is 17.8 Å². The molecule has 20 heavy (non-hydrogen) atoms. The zero-order valence-electron chi connectivity index (χ0n) is 11.0. The van der Waals surface area contributed by atoms with Gasteiger partial charge in [0.05, 0.1) is 11.4 Å². The summed E-state index contributed by atoms with van der Waals surface area (Å²) < 4.78 is 39.6. The van der Waals surface area contributed by atoms with E-state index in [1.807, 2.05) is 0 Å². The quantitative estimate of drug-likeness (QED) is 0.887. The molecule has 0 atom stereocenters. The number of nitrogens with one attached hydrogen (secondary N) is 2. The van der Waals surface area contributed by atoms with Crippen molar-refractivity contribution in [1.82, 2.24) is 20.0 Å². The third-order valence-electron chi connectivity index (χ3n) is 2.80. The minimum absolute atomic E-state index is 0.0405. The van der Waals surface area contributed by atoms with Crippen molar-refractivity contribution in [2.24, 2.45) is 7.05 Å². The van der Waals surface area contributed by atoms with Crippen LogP contribution in [0.15, 0.2) is 6.07 Å². The second kappa shape index (κ2) is 4.66. The Hall–Kier alpha value is -2.32. The number of H-pyrrole nitrogens is 1. The van der Waals surface area contributed by atoms with E-state index in [0.29, 0.717) is 0 Å². The van der Waals surface area contributed by atoms with Crippen LogP contribution in [0.25, 0.3) is 0 Å². The summed E-state index contributed by atoms with van der Waals surface area (Å²) in [6, 6.07) is 1.48. The maximum atomic E-state index is 12.7. The van der Waals surface area contributed by atoms with Crippen LogP contribution in [0.5, 0.6) is 0 Å². The molecule has 0 spiro atoms. The number of hydrogen-bond acceptors (Lipinski definition) is 3. The summed E-state index contributed by atoms with van der Waals surface area (Å²) in [6.45, 7) is 3.12. The average Bonchev–Trinajstić information content (AvgIpc) is 2.84. The highest BCUT2D eigenvalue weighted by Crippen LogP contribution is 2.34. The van der Waals surface area contributed by atoms with E-state index in [2.05, 4.69) is 20.6 Å². The Morgan fingerprint density at radius 3 is 2.55 bits per heavy atom. The molecule has 108 valence electrons. The van der Waals surface area contributed by atoms with Crippen LogP contribution >= 0.6 is 0 Å². The van der Waals surface area contributed by atoms with Crippen molar-refractivity contribution in [2.45, 2.75) is 20.0 Å². The van der Waals surface area contributed by atoms with Crippen molar-refractivity contribution < 1.29 is 18.0 Å². The van der Waals surface area contributed by atoms with Gasteiger partial charge in [0.25, 0.3) is 5.91 Å². The van der Waals surface area contributed by atoms with Gasteiger partial charge in [0.2, 0.25) is 0 Å². The van der Waals surface area contributed by atoms with E-state index in [0.717, 1.165) is 5.69 Å². The van der Waals surface area contributed by atoms with Crippen LogP contribution in [0.2, 0.25) is 0 Å². The molecule has 9 heteroatoms. The average molecular weight is 287 g/mol. The number of alkyl halides is 3. The lowest BCUT2D eigenvalue weighted by atomic mass is 10.2. The number of rotatable bonds is 2. The summed E-state index contributed by atoms with van der Waals surface area (Å²) in [4.78, 5) is 11.9. The summed E-state index contributed by atoms with van der Waals surface area (Å²) >= 11 is 0. The van der Waals surface area contributed by atoms with Crippen molar-refractivity contribution in [3.63, 3.8) is 0 Å². The number of aromatic amines is 1. The predicted octanol–water partition coefficient (Wildman–Crippen LogP) is 2.03. The van der Waals surface area contributed by atoms with E-state index in [4.69, 9.17) is 0 Å². The van der Waals surface area contributed by atoms with Gasteiger partial charge in [-0.2, -0.15) is 23.4 Å². The molecule has 6 nitrogen and oxygen atoms in total. The van der Waals surface area contributed by atoms with Gasteiger partial charge < -0.3 is 5.32 Å². The zero-order chi connectivity index (χ0) is 15.1. The predicted molar refractivity (Wildman–Crippen MR) is 64.2 cm³/mol. The van der Waals surface area contributed by atoms with Gasteiger partial charge in [0.15, 0.2) is 11.4 Å². The number of carbonyl (C=O) groups excluding carboxylic acids is 1. The molecule has 2 heterocycles. The number of carbonyl (C=O) groups is 1. The van der Waals surface area contributed by atoms with E-state index >= 15 is 0 Å². The normalized spacial score (nSPS) is 11.7. The number of halogens is 3. The molecule has 0 fully saturated rings. The molecule has 0 aliphatic heterocycles. The first kappa shape index (κ1) is 14.1. The number of hydrogen-bond donors (Lipinski definition) is 2. The lowest BCUT2D eigenvalue weighted by Crippen LogP contribution is -2.17. The first-order chi connectivity index (χ1) is 9.20. The number of aromatic nitrogens is 4. The second-order valence-electron chi connectivity index (χ2n) is 4.32. The second-order valence-corrected chi connectivity index (χ2v) is 4.32. The van der Waals surface area contributed by atoms with Crippen LogP contribution in [-0.2, 0) is 13.2 Å². The standard InChI is InChI=1S/C11H12F3N5O/c1-5-4-7(18-19(5)3)10(20)15-8-6(2)16-17-9(8)11(12,13)14/h4H,1-3H3,(H,15,20)(H,16,17). The van der Waals surface area contributed by atoms with Gasteiger partial charge in [0, 0.05) is 12.7 Å². The first-order valence-corrected chi connectivity index (χ1v) is 5.64. The summed E-state index contributed by atoms with van der Waals surface area (Å²) in [6.07, 6.45) is -4.65. The molecular formula is C11H12F3N5O. The molecule has 0 bridgehead atoms. The van der Waals surface area contributed by atoms with Crippen LogP contribution in [0.3, 0.4) is 0 Å². The van der Waals surface area contributed by atoms with Crippen LogP contribution in [0.1, 0.15) is 27.6 Å². The summed E-state index contributed by atoms with van der Waals surface area (Å²) in [5, 5.41) is 11.5. The summed E-state index contributed by atoms with van der Waals surface area (Å²) in [5.41, 5.74) is -0.658. The van der Waals surface area contributed by atoms with Gasteiger partial charge in [-0.3, -0.25) is 14.6 Å². The SMILES string of the molecule is Cc1[nH]nc(C(F)(F)F)c1NC(=O)c1cc(C)n(C)n1. The Morgan fingerprint density at radius 2 is 2.05 bits per heavy atom. The van der Waals surface area contributed by atoms with Crippen LogP contribution < -0.4 is 5.32 Å². The zero-order valence-corrected chi connectivity index (χ0v) is 11.0. The van der Waals surface area contributed by atoms with Gasteiger partial charge in [-0.15, -0.1) is 0 Å². The molecule has 2 rings (SSSR count). The van der Waals surface area contributed by atoms with Gasteiger partial charge in [-0.05, 0) is 19.9 Å². The summed E-state index contributed by atoms with van der Waals surface area (Å²) in [7, 11) is 1.64. The minimum atomic E-state index is -4.65. The molecule has 0 radical (unpaired) electrons. The number of nitrogens with zero attached hydrogens (tertiary/aromatic N) is 3. The van der Waals surface area contributed by atoms with Crippen LogP contribution in [0.4, 0.5) is 18.9 Å². The van der Waals surface area contributed by atoms with Gasteiger partial charge in [-0.1, -0.05) is 0 Å².